The van der Waals surface area contributed by atoms with Crippen molar-refractivity contribution in [2.75, 3.05) is 18.4 Å². The van der Waals surface area contributed by atoms with E-state index >= 15 is 0 Å². The fourth-order valence-electron chi connectivity index (χ4n) is 1.76. The van der Waals surface area contributed by atoms with Crippen LogP contribution in [0.5, 0.6) is 0 Å². The van der Waals surface area contributed by atoms with Gasteiger partial charge in [-0.1, -0.05) is 12.1 Å². The molecule has 0 unspecified atom stereocenters. The van der Waals surface area contributed by atoms with Crippen LogP contribution in [-0.2, 0) is 4.79 Å². The van der Waals surface area contributed by atoms with Crippen molar-refractivity contribution in [3.63, 3.8) is 0 Å². The van der Waals surface area contributed by atoms with Crippen molar-refractivity contribution in [2.24, 2.45) is 0 Å². The minimum atomic E-state index is 0.0134. The highest BCUT2D eigenvalue weighted by molar-refractivity contribution is 6.28. The van der Waals surface area contributed by atoms with E-state index in [1.807, 2.05) is 31.2 Å². The van der Waals surface area contributed by atoms with E-state index in [4.69, 9.17) is 11.6 Å². The molecule has 6 heteroatoms. The van der Waals surface area contributed by atoms with Gasteiger partial charge in [0.05, 0.1) is 5.52 Å². The molecular formula is C13H15ClN4O. The first kappa shape index (κ1) is 13.5. The van der Waals surface area contributed by atoms with E-state index in [0.717, 1.165) is 10.9 Å². The first-order valence-electron chi connectivity index (χ1n) is 6.13. The molecular weight excluding hydrogens is 264 g/mol. The molecule has 1 aromatic carbocycles. The van der Waals surface area contributed by atoms with Gasteiger partial charge in [0.25, 0.3) is 0 Å². The molecule has 0 bridgehead atoms. The van der Waals surface area contributed by atoms with Crippen LogP contribution in [0.3, 0.4) is 0 Å². The smallest absolute Gasteiger partial charge is 0.224 e. The molecule has 0 radical (unpaired) electrons. The molecule has 0 aliphatic rings. The van der Waals surface area contributed by atoms with E-state index in [1.165, 1.54) is 0 Å². The summed E-state index contributed by atoms with van der Waals surface area (Å²) < 4.78 is 0. The number of anilines is 1. The molecule has 1 amide bonds. The standard InChI is InChI=1S/C13H15ClN4O/c1-2-15-11(19)7-8-16-12-9-5-3-4-6-10(9)17-13(14)18-12/h3-6H,2,7-8H2,1H3,(H,15,19)(H,16,17,18). The molecule has 0 atom stereocenters. The second-order valence-electron chi connectivity index (χ2n) is 3.99. The van der Waals surface area contributed by atoms with Crippen molar-refractivity contribution in [1.82, 2.24) is 15.3 Å². The Kier molecular flexibility index (Phi) is 4.52. The van der Waals surface area contributed by atoms with Crippen molar-refractivity contribution in [3.05, 3.63) is 29.5 Å². The van der Waals surface area contributed by atoms with Crippen molar-refractivity contribution >= 4 is 34.2 Å². The van der Waals surface area contributed by atoms with Crippen LogP contribution in [0.1, 0.15) is 13.3 Å². The number of fused-ring (bicyclic) bond motifs is 1. The van der Waals surface area contributed by atoms with E-state index in [-0.39, 0.29) is 11.2 Å². The normalized spacial score (nSPS) is 10.4. The van der Waals surface area contributed by atoms with Crippen LogP contribution >= 0.6 is 11.6 Å². The zero-order valence-electron chi connectivity index (χ0n) is 10.6. The Morgan fingerprint density at radius 2 is 2.11 bits per heavy atom. The monoisotopic (exact) mass is 278 g/mol. The van der Waals surface area contributed by atoms with Gasteiger partial charge < -0.3 is 10.6 Å². The van der Waals surface area contributed by atoms with E-state index in [9.17, 15) is 4.79 Å². The van der Waals surface area contributed by atoms with Gasteiger partial charge >= 0.3 is 0 Å². The van der Waals surface area contributed by atoms with Gasteiger partial charge in [-0.15, -0.1) is 0 Å². The maximum absolute atomic E-state index is 11.4. The molecule has 2 aromatic rings. The van der Waals surface area contributed by atoms with Crippen LogP contribution in [0, 0.1) is 0 Å². The minimum absolute atomic E-state index is 0.0134. The fraction of sp³-hybridized carbons (Fsp3) is 0.308. The van der Waals surface area contributed by atoms with Crippen molar-refractivity contribution in [2.45, 2.75) is 13.3 Å². The lowest BCUT2D eigenvalue weighted by molar-refractivity contribution is -0.120. The number of carbonyl (C=O) groups excluding carboxylic acids is 1. The summed E-state index contributed by atoms with van der Waals surface area (Å²) in [6.07, 6.45) is 0.393. The number of aromatic nitrogens is 2. The Hall–Kier alpha value is -1.88. The van der Waals surface area contributed by atoms with Gasteiger partial charge in [-0.05, 0) is 30.7 Å². The maximum Gasteiger partial charge on any atom is 0.224 e. The highest BCUT2D eigenvalue weighted by Gasteiger charge is 2.06. The number of carbonyl (C=O) groups is 1. The van der Waals surface area contributed by atoms with Crippen molar-refractivity contribution in [1.29, 1.82) is 0 Å². The molecule has 100 valence electrons. The zero-order chi connectivity index (χ0) is 13.7. The van der Waals surface area contributed by atoms with E-state index in [1.54, 1.807) is 0 Å². The zero-order valence-corrected chi connectivity index (χ0v) is 11.4. The second-order valence-corrected chi connectivity index (χ2v) is 4.33. The van der Waals surface area contributed by atoms with E-state index < -0.39 is 0 Å². The number of rotatable bonds is 5. The largest absolute Gasteiger partial charge is 0.369 e. The molecule has 5 nitrogen and oxygen atoms in total. The molecule has 0 spiro atoms. The Bertz CT molecular complexity index is 588. The molecule has 1 heterocycles. The number of nitrogens with zero attached hydrogens (tertiary/aromatic N) is 2. The van der Waals surface area contributed by atoms with E-state index in [2.05, 4.69) is 20.6 Å². The highest BCUT2D eigenvalue weighted by atomic mass is 35.5. The summed E-state index contributed by atoms with van der Waals surface area (Å²) in [5.74, 6) is 0.666. The summed E-state index contributed by atoms with van der Waals surface area (Å²) in [6.45, 7) is 3.04. The van der Waals surface area contributed by atoms with Crippen molar-refractivity contribution < 1.29 is 4.79 Å². The van der Waals surface area contributed by atoms with Crippen LogP contribution in [0.15, 0.2) is 24.3 Å². The molecule has 0 fully saturated rings. The van der Waals surface area contributed by atoms with Gasteiger partial charge in [0.15, 0.2) is 0 Å². The maximum atomic E-state index is 11.4. The number of amides is 1. The summed E-state index contributed by atoms with van der Waals surface area (Å²) in [5.41, 5.74) is 0.781. The fourth-order valence-corrected chi connectivity index (χ4v) is 1.94. The average molecular weight is 279 g/mol. The summed E-state index contributed by atoms with van der Waals surface area (Å²) in [5, 5.41) is 6.95. The summed E-state index contributed by atoms with van der Waals surface area (Å²) in [6, 6.07) is 7.59. The molecule has 19 heavy (non-hydrogen) atoms. The summed E-state index contributed by atoms with van der Waals surface area (Å²) in [4.78, 5) is 19.7. The Labute approximate surface area is 116 Å². The van der Waals surface area contributed by atoms with Crippen LogP contribution in [0.25, 0.3) is 10.9 Å². The molecule has 1 aromatic heterocycles. The number of halogens is 1. The number of hydrogen-bond acceptors (Lipinski definition) is 4. The number of para-hydroxylation sites is 1. The van der Waals surface area contributed by atoms with Crippen LogP contribution in [0.4, 0.5) is 5.82 Å². The van der Waals surface area contributed by atoms with Crippen molar-refractivity contribution in [3.8, 4) is 0 Å². The van der Waals surface area contributed by atoms with Crippen LogP contribution in [-0.4, -0.2) is 29.0 Å². The predicted octanol–water partition coefficient (Wildman–Crippen LogP) is 2.22. The first-order chi connectivity index (χ1) is 9.20. The quantitative estimate of drug-likeness (QED) is 0.823. The van der Waals surface area contributed by atoms with Gasteiger partial charge in [0.2, 0.25) is 11.2 Å². The van der Waals surface area contributed by atoms with Gasteiger partial charge in [-0.2, -0.15) is 0 Å². The Morgan fingerprint density at radius 3 is 2.89 bits per heavy atom. The number of benzene rings is 1. The van der Waals surface area contributed by atoms with Crippen LogP contribution < -0.4 is 10.6 Å². The molecule has 2 rings (SSSR count). The third-order valence-corrected chi connectivity index (χ3v) is 2.76. The average Bonchev–Trinajstić information content (AvgIpc) is 2.38. The minimum Gasteiger partial charge on any atom is -0.369 e. The molecule has 0 saturated carbocycles. The van der Waals surface area contributed by atoms with Gasteiger partial charge in [-0.3, -0.25) is 4.79 Å². The Balaban J connectivity index is 2.10. The number of hydrogen-bond donors (Lipinski definition) is 2. The van der Waals surface area contributed by atoms with Gasteiger partial charge in [-0.25, -0.2) is 9.97 Å². The number of nitrogens with one attached hydrogen (secondary N) is 2. The lowest BCUT2D eigenvalue weighted by atomic mass is 10.2. The van der Waals surface area contributed by atoms with Gasteiger partial charge in [0, 0.05) is 24.9 Å². The first-order valence-corrected chi connectivity index (χ1v) is 6.51. The topological polar surface area (TPSA) is 66.9 Å². The third kappa shape index (κ3) is 3.54. The molecule has 0 saturated heterocycles. The lowest BCUT2D eigenvalue weighted by Crippen LogP contribution is -2.24. The summed E-state index contributed by atoms with van der Waals surface area (Å²) >= 11 is 5.87. The molecule has 0 aliphatic carbocycles. The van der Waals surface area contributed by atoms with Crippen LogP contribution in [0.2, 0.25) is 5.28 Å². The summed E-state index contributed by atoms with van der Waals surface area (Å²) in [7, 11) is 0. The second kappa shape index (κ2) is 6.33. The lowest BCUT2D eigenvalue weighted by Gasteiger charge is -2.08. The predicted molar refractivity (Wildman–Crippen MR) is 76.3 cm³/mol. The third-order valence-electron chi connectivity index (χ3n) is 2.59. The SMILES string of the molecule is CCNC(=O)CCNc1nc(Cl)nc2ccccc12. The Morgan fingerprint density at radius 1 is 1.32 bits per heavy atom. The molecule has 2 N–H and O–H groups in total. The highest BCUT2D eigenvalue weighted by Crippen LogP contribution is 2.21. The van der Waals surface area contributed by atoms with Gasteiger partial charge in [0.1, 0.15) is 5.82 Å². The van der Waals surface area contributed by atoms with E-state index in [0.29, 0.717) is 25.3 Å². The molecule has 0 aliphatic heterocycles.